The Bertz CT molecular complexity index is 1310. The fourth-order valence-electron chi connectivity index (χ4n) is 6.12. The number of carbonyl (C=O) groups excluding carboxylic acids is 1. The Balaban J connectivity index is 1.28. The van der Waals surface area contributed by atoms with Crippen molar-refractivity contribution in [1.82, 2.24) is 14.9 Å². The van der Waals surface area contributed by atoms with E-state index in [0.717, 1.165) is 85.7 Å². The molecule has 0 atom stereocenters. The second-order valence-electron chi connectivity index (χ2n) is 11.1. The zero-order valence-corrected chi connectivity index (χ0v) is 23.2. The van der Waals surface area contributed by atoms with E-state index in [1.54, 1.807) is 0 Å². The molecule has 0 radical (unpaired) electrons. The highest BCUT2D eigenvalue weighted by Gasteiger charge is 2.38. The summed E-state index contributed by atoms with van der Waals surface area (Å²) in [6, 6.07) is 16.7. The van der Waals surface area contributed by atoms with Gasteiger partial charge in [-0.1, -0.05) is 31.4 Å². The van der Waals surface area contributed by atoms with Crippen LogP contribution < -0.4 is 20.0 Å². The Morgan fingerprint density at radius 2 is 1.74 bits per heavy atom. The van der Waals surface area contributed by atoms with Crippen LogP contribution in [0.4, 0.5) is 33.6 Å². The number of aryl methyl sites for hydroxylation is 1. The molecule has 0 spiro atoms. The summed E-state index contributed by atoms with van der Waals surface area (Å²) in [7, 11) is 2.17. The molecule has 1 saturated carbocycles. The Labute approximate surface area is 231 Å². The van der Waals surface area contributed by atoms with Crippen molar-refractivity contribution in [2.45, 2.75) is 58.5 Å². The molecule has 3 heterocycles. The summed E-state index contributed by atoms with van der Waals surface area (Å²) < 4.78 is 0. The molecule has 2 fully saturated rings. The molecule has 2 amide bonds. The van der Waals surface area contributed by atoms with Gasteiger partial charge in [-0.2, -0.15) is 4.98 Å². The van der Waals surface area contributed by atoms with E-state index >= 15 is 0 Å². The molecular weight excluding hydrogens is 486 g/mol. The predicted octanol–water partition coefficient (Wildman–Crippen LogP) is 5.47. The molecule has 1 aromatic heterocycles. The lowest BCUT2D eigenvalue weighted by Gasteiger charge is -2.42. The van der Waals surface area contributed by atoms with Gasteiger partial charge in [0.05, 0.1) is 12.2 Å². The summed E-state index contributed by atoms with van der Waals surface area (Å²) in [5, 5.41) is 3.38. The van der Waals surface area contributed by atoms with E-state index in [2.05, 4.69) is 63.5 Å². The van der Waals surface area contributed by atoms with E-state index < -0.39 is 0 Å². The normalized spacial score (nSPS) is 18.6. The first-order valence-electron chi connectivity index (χ1n) is 14.1. The van der Waals surface area contributed by atoms with Gasteiger partial charge in [0.1, 0.15) is 5.82 Å². The van der Waals surface area contributed by atoms with Crippen LogP contribution in [0.1, 0.15) is 48.8 Å². The molecule has 3 aliphatic rings. The molecule has 0 bridgehead atoms. The number of carbonyl (C=O) groups is 1. The fourth-order valence-corrected chi connectivity index (χ4v) is 6.12. The van der Waals surface area contributed by atoms with Crippen molar-refractivity contribution >= 4 is 34.9 Å². The van der Waals surface area contributed by atoms with Crippen molar-refractivity contribution in [3.63, 3.8) is 0 Å². The van der Waals surface area contributed by atoms with Crippen LogP contribution in [0.25, 0.3) is 0 Å². The number of aromatic nitrogens is 2. The number of hydrogen-bond acceptors (Lipinski definition) is 6. The first kappa shape index (κ1) is 25.4. The molecule has 6 rings (SSSR count). The lowest BCUT2D eigenvalue weighted by molar-refractivity contribution is 0.244. The van der Waals surface area contributed by atoms with Gasteiger partial charge in [0.15, 0.2) is 0 Å². The Morgan fingerprint density at radius 3 is 2.46 bits per heavy atom. The zero-order chi connectivity index (χ0) is 26.9. The van der Waals surface area contributed by atoms with Gasteiger partial charge in [-0.3, -0.25) is 9.80 Å². The van der Waals surface area contributed by atoms with Gasteiger partial charge in [0, 0.05) is 60.9 Å². The van der Waals surface area contributed by atoms with Gasteiger partial charge in [0.2, 0.25) is 5.95 Å². The predicted molar refractivity (Wildman–Crippen MR) is 156 cm³/mol. The van der Waals surface area contributed by atoms with Crippen molar-refractivity contribution in [1.29, 1.82) is 0 Å². The van der Waals surface area contributed by atoms with Crippen molar-refractivity contribution in [2.24, 2.45) is 0 Å². The molecule has 1 N–H and O–H groups in total. The summed E-state index contributed by atoms with van der Waals surface area (Å²) in [6.45, 7) is 8.70. The molecule has 8 nitrogen and oxygen atoms in total. The number of anilines is 5. The van der Waals surface area contributed by atoms with Crippen molar-refractivity contribution in [3.8, 4) is 0 Å². The minimum Gasteiger partial charge on any atom is -0.369 e. The van der Waals surface area contributed by atoms with Crippen LogP contribution >= 0.6 is 0 Å². The van der Waals surface area contributed by atoms with Crippen molar-refractivity contribution < 1.29 is 4.79 Å². The summed E-state index contributed by atoms with van der Waals surface area (Å²) in [5.41, 5.74) is 5.98. The third-order valence-corrected chi connectivity index (χ3v) is 8.31. The minimum absolute atomic E-state index is 0.0126. The van der Waals surface area contributed by atoms with Crippen molar-refractivity contribution in [2.75, 3.05) is 53.2 Å². The highest BCUT2D eigenvalue weighted by atomic mass is 16.2. The largest absolute Gasteiger partial charge is 0.369 e. The third-order valence-electron chi connectivity index (χ3n) is 8.31. The van der Waals surface area contributed by atoms with Crippen LogP contribution in [0.2, 0.25) is 0 Å². The molecular formula is C31H37N7O. The van der Waals surface area contributed by atoms with E-state index in [-0.39, 0.29) is 12.1 Å². The summed E-state index contributed by atoms with van der Waals surface area (Å²) >= 11 is 0. The SMILES string of the molecule is Cc1c#ccc(C)c1N1Cc2cnc(Nc3ccc(N4CCN(C)CC4)cc3)nc2N(C2CCCCC2)C1=O. The van der Waals surface area contributed by atoms with Gasteiger partial charge in [-0.15, -0.1) is 0 Å². The number of rotatable bonds is 5. The van der Waals surface area contributed by atoms with Crippen LogP contribution in [-0.4, -0.2) is 60.2 Å². The molecule has 0 unspecified atom stereocenters. The molecule has 2 aromatic carbocycles. The maximum absolute atomic E-state index is 14.1. The van der Waals surface area contributed by atoms with E-state index in [0.29, 0.717) is 12.5 Å². The van der Waals surface area contributed by atoms with E-state index in [9.17, 15) is 4.79 Å². The van der Waals surface area contributed by atoms with Gasteiger partial charge in [-0.25, -0.2) is 9.78 Å². The van der Waals surface area contributed by atoms with Crippen LogP contribution in [0.3, 0.4) is 0 Å². The number of benzene rings is 1. The van der Waals surface area contributed by atoms with Crippen LogP contribution in [-0.2, 0) is 6.54 Å². The lowest BCUT2D eigenvalue weighted by atomic mass is 9.93. The number of hydrogen-bond donors (Lipinski definition) is 1. The number of fused-ring (bicyclic) bond motifs is 1. The zero-order valence-electron chi connectivity index (χ0n) is 23.2. The molecule has 202 valence electrons. The number of amides is 2. The number of piperazine rings is 1. The first-order chi connectivity index (χ1) is 19.0. The quantitative estimate of drug-likeness (QED) is 0.479. The van der Waals surface area contributed by atoms with Gasteiger partial charge in [-0.05, 0) is 69.6 Å². The molecule has 2 aliphatic heterocycles. The Morgan fingerprint density at radius 1 is 1.00 bits per heavy atom. The van der Waals surface area contributed by atoms with Gasteiger partial charge >= 0.3 is 6.03 Å². The van der Waals surface area contributed by atoms with Gasteiger partial charge in [0.25, 0.3) is 0 Å². The number of nitrogens with zero attached hydrogens (tertiary/aromatic N) is 6. The minimum atomic E-state index is -0.0126. The topological polar surface area (TPSA) is 67.8 Å². The monoisotopic (exact) mass is 523 g/mol. The average molecular weight is 524 g/mol. The van der Waals surface area contributed by atoms with Crippen LogP contribution in [0.5, 0.6) is 0 Å². The molecule has 8 heteroatoms. The van der Waals surface area contributed by atoms with E-state index in [1.807, 2.05) is 35.9 Å². The maximum atomic E-state index is 14.1. The second kappa shape index (κ2) is 10.7. The maximum Gasteiger partial charge on any atom is 0.330 e. The smallest absolute Gasteiger partial charge is 0.330 e. The standard InChI is InChI=1S/C31H37N7O/c1-22-8-7-9-23(2)28(22)37-21-24-20-32-30(34-29(24)38(31(37)39)27-10-5-4-6-11-27)33-25-12-14-26(15-13-25)36-18-16-35(3)17-19-36/h8,12-15,20,27H,4-6,10-11,16-19,21H2,1-3H3,(H,32,33,34). The fraction of sp³-hybridized carbons (Fsp3) is 0.452. The molecule has 39 heavy (non-hydrogen) atoms. The summed E-state index contributed by atoms with van der Waals surface area (Å²) in [5.74, 6) is 1.25. The molecule has 1 saturated heterocycles. The molecule has 1 aliphatic carbocycles. The average Bonchev–Trinajstić information content (AvgIpc) is 2.95. The molecule has 3 aromatic rings. The highest BCUT2D eigenvalue weighted by molar-refractivity contribution is 6.06. The Hall–Kier alpha value is -3.83. The number of urea groups is 1. The van der Waals surface area contributed by atoms with Crippen LogP contribution in [0, 0.1) is 26.0 Å². The number of nitrogens with one attached hydrogen (secondary N) is 1. The van der Waals surface area contributed by atoms with Crippen LogP contribution in [0.15, 0.2) is 36.5 Å². The van der Waals surface area contributed by atoms with E-state index in [4.69, 9.17) is 4.98 Å². The summed E-state index contributed by atoms with van der Waals surface area (Å²) in [6.07, 6.45) is 7.34. The van der Waals surface area contributed by atoms with E-state index in [1.165, 1.54) is 12.1 Å². The third kappa shape index (κ3) is 5.11. The van der Waals surface area contributed by atoms with Crippen molar-refractivity contribution in [3.05, 3.63) is 65.4 Å². The first-order valence-corrected chi connectivity index (χ1v) is 14.1. The number of likely N-dealkylation sites (N-methyl/N-ethyl adjacent to an activating group) is 1. The Kier molecular flexibility index (Phi) is 7.01. The second-order valence-corrected chi connectivity index (χ2v) is 11.1. The van der Waals surface area contributed by atoms with Gasteiger partial charge < -0.3 is 15.1 Å². The highest BCUT2D eigenvalue weighted by Crippen LogP contribution is 2.37. The summed E-state index contributed by atoms with van der Waals surface area (Å²) in [4.78, 5) is 32.3. The lowest BCUT2D eigenvalue weighted by Crippen LogP contribution is -2.53.